The molecule has 0 aliphatic carbocycles. The van der Waals surface area contributed by atoms with E-state index in [9.17, 15) is 0 Å². The monoisotopic (exact) mass is 298 g/mol. The van der Waals surface area contributed by atoms with Crippen LogP contribution in [0, 0.1) is 0 Å². The Bertz CT molecular complexity index is 468. The molecule has 1 aromatic rings. The molecule has 2 aliphatic heterocycles. The van der Waals surface area contributed by atoms with Gasteiger partial charge in [0.1, 0.15) is 0 Å². The summed E-state index contributed by atoms with van der Waals surface area (Å²) in [6.07, 6.45) is 11.7. The van der Waals surface area contributed by atoms with E-state index in [0.29, 0.717) is 0 Å². The normalized spacial score (nSPS) is 20.2. The molecule has 22 heavy (non-hydrogen) atoms. The number of piperidine rings is 2. The molecule has 1 aromatic carbocycles. The van der Waals surface area contributed by atoms with Gasteiger partial charge in [-0.2, -0.15) is 10.2 Å². The first-order valence-corrected chi connectivity index (χ1v) is 8.58. The van der Waals surface area contributed by atoms with E-state index in [2.05, 4.69) is 44.5 Å². The van der Waals surface area contributed by atoms with Crippen molar-refractivity contribution in [1.29, 1.82) is 0 Å². The highest BCUT2D eigenvalue weighted by Crippen LogP contribution is 2.10. The second-order valence-electron chi connectivity index (χ2n) is 6.19. The van der Waals surface area contributed by atoms with Crippen LogP contribution in [0.2, 0.25) is 0 Å². The quantitative estimate of drug-likeness (QED) is 0.798. The van der Waals surface area contributed by atoms with Crippen molar-refractivity contribution in [3.63, 3.8) is 0 Å². The minimum atomic E-state index is 1.09. The van der Waals surface area contributed by atoms with Gasteiger partial charge in [-0.05, 0) is 55.7 Å². The highest BCUT2D eigenvalue weighted by atomic mass is 15.4. The third-order valence-corrected chi connectivity index (χ3v) is 4.32. The lowest BCUT2D eigenvalue weighted by atomic mass is 10.1. The van der Waals surface area contributed by atoms with Crippen molar-refractivity contribution >= 4 is 12.4 Å². The van der Waals surface area contributed by atoms with Gasteiger partial charge in [0.2, 0.25) is 0 Å². The van der Waals surface area contributed by atoms with Gasteiger partial charge in [-0.15, -0.1) is 0 Å². The van der Waals surface area contributed by atoms with E-state index in [1.807, 2.05) is 12.4 Å². The summed E-state index contributed by atoms with van der Waals surface area (Å²) < 4.78 is 0. The van der Waals surface area contributed by atoms with E-state index in [-0.39, 0.29) is 0 Å². The Morgan fingerprint density at radius 1 is 0.682 bits per heavy atom. The van der Waals surface area contributed by atoms with E-state index >= 15 is 0 Å². The molecule has 2 aliphatic rings. The Balaban J connectivity index is 1.59. The van der Waals surface area contributed by atoms with Gasteiger partial charge in [0, 0.05) is 26.2 Å². The number of hydrogen-bond donors (Lipinski definition) is 0. The summed E-state index contributed by atoms with van der Waals surface area (Å²) in [7, 11) is 0. The zero-order valence-corrected chi connectivity index (χ0v) is 13.3. The molecular weight excluding hydrogens is 272 g/mol. The van der Waals surface area contributed by atoms with Gasteiger partial charge in [-0.3, -0.25) is 10.0 Å². The molecule has 0 atom stereocenters. The fourth-order valence-corrected chi connectivity index (χ4v) is 3.00. The molecule has 118 valence electrons. The predicted molar refractivity (Wildman–Crippen MR) is 92.5 cm³/mol. The molecule has 2 saturated heterocycles. The third-order valence-electron chi connectivity index (χ3n) is 4.32. The molecule has 4 nitrogen and oxygen atoms in total. The molecule has 3 rings (SSSR count). The molecule has 0 N–H and O–H groups in total. The summed E-state index contributed by atoms with van der Waals surface area (Å²) >= 11 is 0. The summed E-state index contributed by atoms with van der Waals surface area (Å²) in [4.78, 5) is 0. The molecule has 0 radical (unpaired) electrons. The van der Waals surface area contributed by atoms with Crippen molar-refractivity contribution in [2.45, 2.75) is 38.5 Å². The Kier molecular flexibility index (Phi) is 5.46. The largest absolute Gasteiger partial charge is 0.297 e. The summed E-state index contributed by atoms with van der Waals surface area (Å²) in [5.74, 6) is 0. The van der Waals surface area contributed by atoms with E-state index < -0.39 is 0 Å². The Morgan fingerprint density at radius 3 is 1.59 bits per heavy atom. The minimum Gasteiger partial charge on any atom is -0.297 e. The van der Waals surface area contributed by atoms with Crippen LogP contribution >= 0.6 is 0 Å². The zero-order chi connectivity index (χ0) is 15.0. The first kappa shape index (κ1) is 15.1. The molecular formula is C18H26N4. The van der Waals surface area contributed by atoms with Crippen LogP contribution in [-0.4, -0.2) is 48.6 Å². The van der Waals surface area contributed by atoms with Gasteiger partial charge in [-0.25, -0.2) is 0 Å². The lowest BCUT2D eigenvalue weighted by Gasteiger charge is -2.23. The van der Waals surface area contributed by atoms with Gasteiger partial charge < -0.3 is 0 Å². The smallest absolute Gasteiger partial charge is 0.0543 e. The van der Waals surface area contributed by atoms with Crippen LogP contribution in [0.5, 0.6) is 0 Å². The Morgan fingerprint density at radius 2 is 1.14 bits per heavy atom. The Hall–Kier alpha value is -1.84. The summed E-state index contributed by atoms with van der Waals surface area (Å²) in [6, 6.07) is 8.44. The molecule has 0 saturated carbocycles. The van der Waals surface area contributed by atoms with E-state index in [0.717, 1.165) is 37.3 Å². The lowest BCUT2D eigenvalue weighted by Crippen LogP contribution is -2.24. The maximum Gasteiger partial charge on any atom is 0.0543 e. The van der Waals surface area contributed by atoms with Crippen LogP contribution < -0.4 is 0 Å². The maximum absolute atomic E-state index is 4.60. The highest BCUT2D eigenvalue weighted by molar-refractivity contribution is 5.85. The number of nitrogens with zero attached hydrogens (tertiary/aromatic N) is 4. The van der Waals surface area contributed by atoms with Crippen molar-refractivity contribution in [3.8, 4) is 0 Å². The highest BCUT2D eigenvalue weighted by Gasteiger charge is 2.07. The van der Waals surface area contributed by atoms with Gasteiger partial charge in [0.05, 0.1) is 12.4 Å². The zero-order valence-electron chi connectivity index (χ0n) is 13.3. The number of hydrazone groups is 2. The SMILES string of the molecule is C(=N\N1CCCCC1)/c1cccc(/C=N/N2CCCCC2)c1. The third kappa shape index (κ3) is 4.58. The molecule has 0 aromatic heterocycles. The van der Waals surface area contributed by atoms with E-state index in [1.54, 1.807) is 0 Å². The minimum absolute atomic E-state index is 1.09. The molecule has 4 heteroatoms. The Labute approximate surface area is 133 Å². The summed E-state index contributed by atoms with van der Waals surface area (Å²) in [5, 5.41) is 13.6. The molecule has 0 unspecified atom stereocenters. The molecule has 0 bridgehead atoms. The first-order chi connectivity index (χ1) is 10.9. The molecule has 0 spiro atoms. The summed E-state index contributed by atoms with van der Waals surface area (Å²) in [5.41, 5.74) is 2.29. The van der Waals surface area contributed by atoms with Crippen molar-refractivity contribution < 1.29 is 0 Å². The van der Waals surface area contributed by atoms with Crippen LogP contribution in [0.1, 0.15) is 49.7 Å². The van der Waals surface area contributed by atoms with Gasteiger partial charge in [0.25, 0.3) is 0 Å². The lowest BCUT2D eigenvalue weighted by molar-refractivity contribution is 0.240. The van der Waals surface area contributed by atoms with Gasteiger partial charge in [-0.1, -0.05) is 18.2 Å². The van der Waals surface area contributed by atoms with Crippen molar-refractivity contribution in [1.82, 2.24) is 10.0 Å². The standard InChI is InChI=1S/C18H26N4/c1-3-10-21(11-4-1)19-15-17-8-7-9-18(14-17)16-20-22-12-5-2-6-13-22/h7-9,14-16H,1-6,10-13H2/b19-15+,20-16+. The topological polar surface area (TPSA) is 31.2 Å². The molecule has 2 fully saturated rings. The van der Waals surface area contributed by atoms with Crippen molar-refractivity contribution in [2.24, 2.45) is 10.2 Å². The fourth-order valence-electron chi connectivity index (χ4n) is 3.00. The first-order valence-electron chi connectivity index (χ1n) is 8.58. The molecule has 0 amide bonds. The maximum atomic E-state index is 4.60. The van der Waals surface area contributed by atoms with Crippen LogP contribution in [0.3, 0.4) is 0 Å². The van der Waals surface area contributed by atoms with Crippen molar-refractivity contribution in [3.05, 3.63) is 35.4 Å². The number of hydrogen-bond acceptors (Lipinski definition) is 4. The van der Waals surface area contributed by atoms with E-state index in [1.165, 1.54) is 38.5 Å². The predicted octanol–water partition coefficient (Wildman–Crippen LogP) is 3.33. The summed E-state index contributed by atoms with van der Waals surface area (Å²) in [6.45, 7) is 4.36. The van der Waals surface area contributed by atoms with Crippen LogP contribution in [0.25, 0.3) is 0 Å². The number of rotatable bonds is 4. The average molecular weight is 298 g/mol. The van der Waals surface area contributed by atoms with Crippen molar-refractivity contribution in [2.75, 3.05) is 26.2 Å². The van der Waals surface area contributed by atoms with Gasteiger partial charge in [0.15, 0.2) is 0 Å². The van der Waals surface area contributed by atoms with Crippen LogP contribution in [0.4, 0.5) is 0 Å². The van der Waals surface area contributed by atoms with Crippen LogP contribution in [-0.2, 0) is 0 Å². The second kappa shape index (κ2) is 7.97. The average Bonchev–Trinajstić information content (AvgIpc) is 2.60. The number of benzene rings is 1. The van der Waals surface area contributed by atoms with E-state index in [4.69, 9.17) is 0 Å². The molecule has 2 heterocycles. The van der Waals surface area contributed by atoms with Crippen LogP contribution in [0.15, 0.2) is 34.5 Å². The van der Waals surface area contributed by atoms with Gasteiger partial charge >= 0.3 is 0 Å². The fraction of sp³-hybridized carbons (Fsp3) is 0.556. The second-order valence-corrected chi connectivity index (χ2v) is 6.19.